The lowest BCUT2D eigenvalue weighted by Gasteiger charge is -2.01. The molecule has 0 unspecified atom stereocenters. The number of hydrogen-bond acceptors (Lipinski definition) is 3. The molecule has 6 heteroatoms. The van der Waals surface area contributed by atoms with Crippen molar-refractivity contribution in [3.05, 3.63) is 54.2 Å². The van der Waals surface area contributed by atoms with E-state index in [-0.39, 0.29) is 5.82 Å². The molecule has 0 radical (unpaired) electrons. The molecule has 0 atom stereocenters. The highest BCUT2D eigenvalue weighted by Gasteiger charge is 2.24. The minimum absolute atomic E-state index is 0.226. The Morgan fingerprint density at radius 2 is 2.05 bits per heavy atom. The van der Waals surface area contributed by atoms with E-state index in [4.69, 9.17) is 0 Å². The average molecular weight is 283 g/mol. The molecule has 0 saturated heterocycles. The lowest BCUT2D eigenvalue weighted by molar-refractivity contribution is 0.577. The molecule has 21 heavy (non-hydrogen) atoms. The molecule has 1 aromatic carbocycles. The number of aromatic nitrogens is 5. The van der Waals surface area contributed by atoms with Crippen LogP contribution in [0.2, 0.25) is 0 Å². The van der Waals surface area contributed by atoms with Crippen molar-refractivity contribution in [3.8, 4) is 11.3 Å². The summed E-state index contributed by atoms with van der Waals surface area (Å²) in [5.41, 5.74) is 2.31. The van der Waals surface area contributed by atoms with Crippen molar-refractivity contribution < 1.29 is 4.39 Å². The number of halogens is 1. The van der Waals surface area contributed by atoms with Crippen LogP contribution in [0.1, 0.15) is 24.4 Å². The van der Waals surface area contributed by atoms with E-state index in [9.17, 15) is 4.39 Å². The second-order valence-electron chi connectivity index (χ2n) is 5.33. The monoisotopic (exact) mass is 283 g/mol. The normalized spacial score (nSPS) is 14.5. The van der Waals surface area contributed by atoms with Crippen molar-refractivity contribution >= 4 is 0 Å². The molecule has 1 aliphatic carbocycles. The van der Waals surface area contributed by atoms with E-state index >= 15 is 0 Å². The molecule has 1 saturated carbocycles. The van der Waals surface area contributed by atoms with Gasteiger partial charge in [0.25, 0.3) is 0 Å². The summed E-state index contributed by atoms with van der Waals surface area (Å²) in [6, 6.07) is 7.25. The fourth-order valence-corrected chi connectivity index (χ4v) is 2.32. The van der Waals surface area contributed by atoms with Crippen LogP contribution in [0.25, 0.3) is 11.3 Å². The first-order valence-corrected chi connectivity index (χ1v) is 6.98. The summed E-state index contributed by atoms with van der Waals surface area (Å²) in [7, 11) is 0. The molecule has 0 aliphatic heterocycles. The molecule has 0 amide bonds. The largest absolute Gasteiger partial charge is 0.269 e. The van der Waals surface area contributed by atoms with Crippen molar-refractivity contribution in [2.24, 2.45) is 0 Å². The Kier molecular flexibility index (Phi) is 2.80. The first kappa shape index (κ1) is 12.3. The van der Waals surface area contributed by atoms with Crippen LogP contribution in [-0.4, -0.2) is 24.8 Å². The van der Waals surface area contributed by atoms with Crippen LogP contribution < -0.4 is 0 Å². The summed E-state index contributed by atoms with van der Waals surface area (Å²) in [6.45, 7) is 0.371. The van der Waals surface area contributed by atoms with Gasteiger partial charge in [0.1, 0.15) is 11.5 Å². The van der Waals surface area contributed by atoms with Gasteiger partial charge in [-0.05, 0) is 18.9 Å². The Labute approximate surface area is 121 Å². The molecule has 0 N–H and O–H groups in total. The van der Waals surface area contributed by atoms with E-state index in [1.165, 1.54) is 18.9 Å². The van der Waals surface area contributed by atoms with Gasteiger partial charge in [0, 0.05) is 17.3 Å². The third-order valence-corrected chi connectivity index (χ3v) is 3.65. The molecule has 1 fully saturated rings. The highest BCUT2D eigenvalue weighted by atomic mass is 19.1. The molecule has 2 heterocycles. The van der Waals surface area contributed by atoms with Gasteiger partial charge in [-0.1, -0.05) is 23.4 Å². The van der Waals surface area contributed by atoms with Gasteiger partial charge in [-0.25, -0.2) is 9.07 Å². The zero-order chi connectivity index (χ0) is 14.2. The van der Waals surface area contributed by atoms with Gasteiger partial charge in [-0.2, -0.15) is 5.10 Å². The Hall–Kier alpha value is -2.50. The first-order chi connectivity index (χ1) is 10.3. The summed E-state index contributed by atoms with van der Waals surface area (Å²) < 4.78 is 17.2. The van der Waals surface area contributed by atoms with Gasteiger partial charge >= 0.3 is 0 Å². The van der Waals surface area contributed by atoms with Gasteiger partial charge in [0.2, 0.25) is 0 Å². The molecular formula is C15H14FN5. The van der Waals surface area contributed by atoms with E-state index in [0.29, 0.717) is 18.2 Å². The lowest BCUT2D eigenvalue weighted by Crippen LogP contribution is -2.02. The first-order valence-electron chi connectivity index (χ1n) is 6.98. The third kappa shape index (κ3) is 2.44. The molecule has 0 bridgehead atoms. The second kappa shape index (κ2) is 4.80. The second-order valence-corrected chi connectivity index (χ2v) is 5.33. The minimum Gasteiger partial charge on any atom is -0.269 e. The average Bonchev–Trinajstić information content (AvgIpc) is 3.04. The lowest BCUT2D eigenvalue weighted by atomic mass is 10.2. The van der Waals surface area contributed by atoms with Crippen LogP contribution >= 0.6 is 0 Å². The van der Waals surface area contributed by atoms with Crippen LogP contribution in [0.3, 0.4) is 0 Å². The van der Waals surface area contributed by atoms with Crippen LogP contribution in [0.4, 0.5) is 4.39 Å². The van der Waals surface area contributed by atoms with Gasteiger partial charge in [-0.15, -0.1) is 5.10 Å². The van der Waals surface area contributed by atoms with E-state index in [1.807, 2.05) is 23.1 Å². The molecular weight excluding hydrogens is 269 g/mol. The zero-order valence-electron chi connectivity index (χ0n) is 11.4. The Morgan fingerprint density at radius 3 is 2.86 bits per heavy atom. The standard InChI is InChI=1S/C15H14FN5/c16-14-4-2-1-3-11(14)8-20-10-15(18-19-20)12-7-17-21(9-12)13-5-6-13/h1-4,7,9-10,13H,5-6,8H2. The SMILES string of the molecule is Fc1ccccc1Cn1cc(-c2cnn(C3CC3)c2)nn1. The molecule has 106 valence electrons. The molecule has 0 spiro atoms. The highest BCUT2D eigenvalue weighted by molar-refractivity contribution is 5.55. The summed E-state index contributed by atoms with van der Waals surface area (Å²) >= 11 is 0. The van der Waals surface area contributed by atoms with E-state index < -0.39 is 0 Å². The highest BCUT2D eigenvalue weighted by Crippen LogP contribution is 2.34. The summed E-state index contributed by atoms with van der Waals surface area (Å²) in [5.74, 6) is -0.226. The minimum atomic E-state index is -0.226. The van der Waals surface area contributed by atoms with Gasteiger partial charge in [-0.3, -0.25) is 4.68 Å². The van der Waals surface area contributed by atoms with Crippen LogP contribution in [0.5, 0.6) is 0 Å². The topological polar surface area (TPSA) is 48.5 Å². The van der Waals surface area contributed by atoms with Gasteiger partial charge in [0.05, 0.1) is 25.0 Å². The smallest absolute Gasteiger partial charge is 0.128 e. The maximum atomic E-state index is 13.6. The Bertz CT molecular complexity index is 772. The molecule has 5 nitrogen and oxygen atoms in total. The Balaban J connectivity index is 1.56. The van der Waals surface area contributed by atoms with E-state index in [0.717, 1.165) is 11.3 Å². The predicted molar refractivity (Wildman–Crippen MR) is 75.0 cm³/mol. The van der Waals surface area contributed by atoms with Crippen LogP contribution in [-0.2, 0) is 6.54 Å². The summed E-state index contributed by atoms with van der Waals surface area (Å²) in [6.07, 6.45) is 8.01. The number of benzene rings is 1. The number of rotatable bonds is 4. The van der Waals surface area contributed by atoms with Gasteiger partial charge in [0.15, 0.2) is 0 Å². The third-order valence-electron chi connectivity index (χ3n) is 3.65. The van der Waals surface area contributed by atoms with Crippen LogP contribution in [0, 0.1) is 5.82 Å². The Morgan fingerprint density at radius 1 is 1.19 bits per heavy atom. The quantitative estimate of drug-likeness (QED) is 0.739. The van der Waals surface area contributed by atoms with Crippen molar-refractivity contribution in [1.29, 1.82) is 0 Å². The van der Waals surface area contributed by atoms with Crippen LogP contribution in [0.15, 0.2) is 42.9 Å². The summed E-state index contributed by atoms with van der Waals surface area (Å²) in [4.78, 5) is 0. The maximum Gasteiger partial charge on any atom is 0.128 e. The van der Waals surface area contributed by atoms with Crippen molar-refractivity contribution in [1.82, 2.24) is 24.8 Å². The number of nitrogens with zero attached hydrogens (tertiary/aromatic N) is 5. The number of hydrogen-bond donors (Lipinski definition) is 0. The zero-order valence-corrected chi connectivity index (χ0v) is 11.4. The molecule has 1 aliphatic rings. The van der Waals surface area contributed by atoms with Crippen molar-refractivity contribution in [2.45, 2.75) is 25.4 Å². The summed E-state index contributed by atoms with van der Waals surface area (Å²) in [5, 5.41) is 12.5. The van der Waals surface area contributed by atoms with Gasteiger partial charge < -0.3 is 0 Å². The fraction of sp³-hybridized carbons (Fsp3) is 0.267. The van der Waals surface area contributed by atoms with Crippen molar-refractivity contribution in [3.63, 3.8) is 0 Å². The van der Waals surface area contributed by atoms with E-state index in [2.05, 4.69) is 15.4 Å². The molecule has 3 aromatic rings. The fourth-order valence-electron chi connectivity index (χ4n) is 2.32. The molecule has 2 aromatic heterocycles. The van der Waals surface area contributed by atoms with E-state index in [1.54, 1.807) is 23.0 Å². The predicted octanol–water partition coefficient (Wildman–Crippen LogP) is 2.66. The molecule has 4 rings (SSSR count). The van der Waals surface area contributed by atoms with Crippen molar-refractivity contribution in [2.75, 3.05) is 0 Å². The maximum absolute atomic E-state index is 13.6.